The number of nitrogens with zero attached hydrogens (tertiary/aromatic N) is 1. The average Bonchev–Trinajstić information content (AvgIpc) is 2.78. The van der Waals surface area contributed by atoms with Gasteiger partial charge in [0.15, 0.2) is 5.41 Å². The highest BCUT2D eigenvalue weighted by atomic mass is 16.5. The minimum Gasteiger partial charge on any atom is -0.460 e. The zero-order valence-corrected chi connectivity index (χ0v) is 14.0. The van der Waals surface area contributed by atoms with E-state index in [0.717, 1.165) is 0 Å². The van der Waals surface area contributed by atoms with Crippen molar-refractivity contribution in [3.63, 3.8) is 0 Å². The Morgan fingerprint density at radius 1 is 1.40 bits per heavy atom. The third kappa shape index (κ3) is 2.18. The number of hydrogen-bond donors (Lipinski definition) is 2. The zero-order chi connectivity index (χ0) is 18.4. The van der Waals surface area contributed by atoms with Crippen LogP contribution in [0, 0.1) is 11.3 Å². The molecule has 128 valence electrons. The fourth-order valence-electron chi connectivity index (χ4n) is 3.29. The molecular formula is C18H17N3O4. The van der Waals surface area contributed by atoms with E-state index in [1.807, 2.05) is 6.07 Å². The van der Waals surface area contributed by atoms with Crippen molar-refractivity contribution < 1.29 is 19.1 Å². The smallest absolute Gasteiger partial charge is 0.337 e. The fourth-order valence-corrected chi connectivity index (χ4v) is 3.29. The summed E-state index contributed by atoms with van der Waals surface area (Å²) in [6.07, 6.45) is -0.387. The van der Waals surface area contributed by atoms with E-state index >= 15 is 0 Å². The highest BCUT2D eigenvalue weighted by Gasteiger charge is 2.59. The van der Waals surface area contributed by atoms with Crippen molar-refractivity contribution in [3.05, 3.63) is 52.6 Å². The molecule has 0 saturated carbocycles. The van der Waals surface area contributed by atoms with Gasteiger partial charge in [-0.2, -0.15) is 5.26 Å². The van der Waals surface area contributed by atoms with Crippen molar-refractivity contribution in [2.75, 3.05) is 0 Å². The molecule has 2 aliphatic rings. The second-order valence-corrected chi connectivity index (χ2v) is 6.11. The summed E-state index contributed by atoms with van der Waals surface area (Å²) in [5.41, 5.74) is 4.87. The van der Waals surface area contributed by atoms with Gasteiger partial charge in [0.05, 0.1) is 11.7 Å². The number of nitriles is 1. The van der Waals surface area contributed by atoms with Crippen molar-refractivity contribution >= 4 is 11.9 Å². The maximum atomic E-state index is 13.0. The third-order valence-corrected chi connectivity index (χ3v) is 4.18. The molecule has 0 fully saturated rings. The maximum absolute atomic E-state index is 13.0. The van der Waals surface area contributed by atoms with Crippen LogP contribution in [0.1, 0.15) is 26.3 Å². The van der Waals surface area contributed by atoms with Crippen LogP contribution in [-0.2, 0) is 19.7 Å². The van der Waals surface area contributed by atoms with Gasteiger partial charge in [0.2, 0.25) is 11.8 Å². The number of carbonyl (C=O) groups is 2. The lowest BCUT2D eigenvalue weighted by molar-refractivity contribution is -0.144. The highest BCUT2D eigenvalue weighted by Crippen LogP contribution is 2.51. The summed E-state index contributed by atoms with van der Waals surface area (Å²) in [5.74, 6) is -1.10. The number of esters is 1. The Morgan fingerprint density at radius 2 is 2.08 bits per heavy atom. The predicted octanol–water partition coefficient (Wildman–Crippen LogP) is 1.37. The normalized spacial score (nSPS) is 21.8. The van der Waals surface area contributed by atoms with Crippen LogP contribution in [0.3, 0.4) is 0 Å². The molecule has 25 heavy (non-hydrogen) atoms. The van der Waals surface area contributed by atoms with E-state index in [-0.39, 0.29) is 23.1 Å². The van der Waals surface area contributed by atoms with Crippen LogP contribution >= 0.6 is 0 Å². The first-order valence-electron chi connectivity index (χ1n) is 7.75. The molecule has 3 N–H and O–H groups in total. The highest BCUT2D eigenvalue weighted by molar-refractivity contribution is 6.12. The Labute approximate surface area is 144 Å². The molecule has 0 bridgehead atoms. The van der Waals surface area contributed by atoms with Gasteiger partial charge in [0, 0.05) is 11.3 Å². The van der Waals surface area contributed by atoms with Crippen LogP contribution in [0.2, 0.25) is 0 Å². The number of fused-ring (bicyclic) bond motifs is 2. The monoisotopic (exact) mass is 339 g/mol. The standard InChI is InChI=1S/C18H17N3O4/c1-9(2)24-16(22)14-10(3)21-17(23)18(14)11-6-4-5-7-13(11)25-15(20)12(18)8-19/h4-7,9H,20H2,1-3H3,(H,21,23)/t18-/m1/s1. The molecule has 2 aliphatic heterocycles. The van der Waals surface area contributed by atoms with E-state index in [0.29, 0.717) is 17.0 Å². The van der Waals surface area contributed by atoms with Crippen molar-refractivity contribution in [2.45, 2.75) is 32.3 Å². The van der Waals surface area contributed by atoms with Gasteiger partial charge < -0.3 is 20.5 Å². The first-order valence-corrected chi connectivity index (χ1v) is 7.75. The number of rotatable bonds is 2. The Balaban J connectivity index is 2.35. The van der Waals surface area contributed by atoms with E-state index in [1.54, 1.807) is 45.0 Å². The van der Waals surface area contributed by atoms with Gasteiger partial charge in [-0.3, -0.25) is 4.79 Å². The molecule has 0 aromatic heterocycles. The summed E-state index contributed by atoms with van der Waals surface area (Å²) in [7, 11) is 0. The minimum absolute atomic E-state index is 0.0569. The lowest BCUT2D eigenvalue weighted by Crippen LogP contribution is -2.46. The SMILES string of the molecule is CC1=C(C(=O)OC(C)C)[C@]2(C(=O)N1)C(C#N)=C(N)Oc1ccccc12. The number of nitrogens with two attached hydrogens (primary N) is 1. The molecule has 1 aromatic carbocycles. The molecule has 2 heterocycles. The van der Waals surface area contributed by atoms with Crippen LogP contribution in [0.15, 0.2) is 47.0 Å². The second kappa shape index (κ2) is 5.67. The van der Waals surface area contributed by atoms with Gasteiger partial charge >= 0.3 is 5.97 Å². The molecule has 0 aliphatic carbocycles. The molecule has 0 radical (unpaired) electrons. The van der Waals surface area contributed by atoms with Gasteiger partial charge in [-0.1, -0.05) is 18.2 Å². The van der Waals surface area contributed by atoms with E-state index in [4.69, 9.17) is 15.2 Å². The third-order valence-electron chi connectivity index (χ3n) is 4.18. The van der Waals surface area contributed by atoms with Crippen molar-refractivity contribution in [2.24, 2.45) is 5.73 Å². The van der Waals surface area contributed by atoms with Gasteiger partial charge in [0.25, 0.3) is 0 Å². The maximum Gasteiger partial charge on any atom is 0.337 e. The van der Waals surface area contributed by atoms with Crippen LogP contribution < -0.4 is 15.8 Å². The lowest BCUT2D eigenvalue weighted by Gasteiger charge is -2.34. The number of benzene rings is 1. The second-order valence-electron chi connectivity index (χ2n) is 6.11. The molecule has 1 aromatic rings. The van der Waals surface area contributed by atoms with Crippen LogP contribution in [0.4, 0.5) is 0 Å². The summed E-state index contributed by atoms with van der Waals surface area (Å²) in [6, 6.07) is 8.63. The number of carbonyl (C=O) groups excluding carboxylic acids is 2. The number of para-hydroxylation sites is 1. The predicted molar refractivity (Wildman–Crippen MR) is 87.6 cm³/mol. The summed E-state index contributed by atoms with van der Waals surface area (Å²) in [4.78, 5) is 25.8. The number of allylic oxidation sites excluding steroid dienone is 1. The topological polar surface area (TPSA) is 114 Å². The summed E-state index contributed by atoms with van der Waals surface area (Å²) in [5, 5.41) is 12.3. The van der Waals surface area contributed by atoms with E-state index in [9.17, 15) is 14.9 Å². The van der Waals surface area contributed by atoms with Crippen LogP contribution in [0.25, 0.3) is 0 Å². The summed E-state index contributed by atoms with van der Waals surface area (Å²) < 4.78 is 10.8. The van der Waals surface area contributed by atoms with Crippen molar-refractivity contribution in [1.29, 1.82) is 5.26 Å². The quantitative estimate of drug-likeness (QED) is 0.787. The fraction of sp³-hybridized carbons (Fsp3) is 0.278. The first-order chi connectivity index (χ1) is 11.8. The summed E-state index contributed by atoms with van der Waals surface area (Å²) >= 11 is 0. The van der Waals surface area contributed by atoms with Gasteiger partial charge in [-0.15, -0.1) is 0 Å². The van der Waals surface area contributed by atoms with E-state index < -0.39 is 17.3 Å². The Morgan fingerprint density at radius 3 is 2.72 bits per heavy atom. The molecule has 1 atom stereocenters. The van der Waals surface area contributed by atoms with Gasteiger partial charge in [-0.05, 0) is 26.8 Å². The van der Waals surface area contributed by atoms with Gasteiger partial charge in [0.1, 0.15) is 17.4 Å². The number of ether oxygens (including phenoxy) is 2. The minimum atomic E-state index is -1.68. The molecule has 3 rings (SSSR count). The van der Waals surface area contributed by atoms with Crippen molar-refractivity contribution in [1.82, 2.24) is 5.32 Å². The van der Waals surface area contributed by atoms with E-state index in [2.05, 4.69) is 5.32 Å². The summed E-state index contributed by atoms with van der Waals surface area (Å²) in [6.45, 7) is 5.00. The molecule has 0 saturated heterocycles. The number of hydrogen-bond acceptors (Lipinski definition) is 6. The largest absolute Gasteiger partial charge is 0.460 e. The van der Waals surface area contributed by atoms with Crippen molar-refractivity contribution in [3.8, 4) is 11.8 Å². The molecule has 7 heteroatoms. The van der Waals surface area contributed by atoms with Crippen LogP contribution in [-0.4, -0.2) is 18.0 Å². The zero-order valence-electron chi connectivity index (χ0n) is 14.0. The lowest BCUT2D eigenvalue weighted by atomic mass is 9.68. The number of amides is 1. The van der Waals surface area contributed by atoms with Crippen LogP contribution in [0.5, 0.6) is 5.75 Å². The number of nitrogens with one attached hydrogen (secondary N) is 1. The Kier molecular flexibility index (Phi) is 3.76. The Bertz CT molecular complexity index is 892. The van der Waals surface area contributed by atoms with E-state index in [1.165, 1.54) is 0 Å². The first kappa shape index (κ1) is 16.6. The average molecular weight is 339 g/mol. The molecule has 1 amide bonds. The molecular weight excluding hydrogens is 322 g/mol. The molecule has 1 spiro atoms. The molecule has 7 nitrogen and oxygen atoms in total. The van der Waals surface area contributed by atoms with Gasteiger partial charge in [-0.25, -0.2) is 4.79 Å². The Hall–Kier alpha value is -3.27. The molecule has 0 unspecified atom stereocenters.